The van der Waals surface area contributed by atoms with Crippen LogP contribution in [0.4, 0.5) is 18.9 Å². The Balaban J connectivity index is 1.87. The summed E-state index contributed by atoms with van der Waals surface area (Å²) in [5.41, 5.74) is -0.353. The molecule has 3 aromatic rings. The number of hydrogen-bond donors (Lipinski definition) is 1. The molecule has 2 heterocycles. The third-order valence-corrected chi connectivity index (χ3v) is 6.82. The van der Waals surface area contributed by atoms with Gasteiger partial charge >= 0.3 is 6.18 Å². The van der Waals surface area contributed by atoms with Crippen LogP contribution in [-0.4, -0.2) is 24.3 Å². The maximum absolute atomic E-state index is 12.7. The van der Waals surface area contributed by atoms with Gasteiger partial charge < -0.3 is 5.32 Å². The molecule has 0 fully saturated rings. The summed E-state index contributed by atoms with van der Waals surface area (Å²) in [4.78, 5) is 19.3. The van der Waals surface area contributed by atoms with E-state index in [0.29, 0.717) is 11.1 Å². The summed E-state index contributed by atoms with van der Waals surface area (Å²) in [6.07, 6.45) is -3.79. The van der Waals surface area contributed by atoms with Crippen molar-refractivity contribution in [2.45, 2.75) is 15.3 Å². The lowest BCUT2D eigenvalue weighted by Gasteiger charge is -2.08. The Bertz CT molecular complexity index is 1110. The highest BCUT2D eigenvalue weighted by molar-refractivity contribution is 7.93. The summed E-state index contributed by atoms with van der Waals surface area (Å²) in [6, 6.07) is 7.07. The Labute approximate surface area is 165 Å². The molecular formula is C16H9ClF3N3O3S2. The van der Waals surface area contributed by atoms with E-state index in [1.165, 1.54) is 29.8 Å². The van der Waals surface area contributed by atoms with Gasteiger partial charge in [0.15, 0.2) is 9.90 Å². The number of nitrogens with one attached hydrogen (secondary N) is 1. The normalized spacial score (nSPS) is 12.0. The van der Waals surface area contributed by atoms with Gasteiger partial charge in [0, 0.05) is 5.02 Å². The third kappa shape index (κ3) is 4.16. The number of thiazole rings is 1. The number of carbonyl (C=O) groups excluding carboxylic acids is 1. The van der Waals surface area contributed by atoms with E-state index in [0.717, 1.165) is 23.6 Å². The van der Waals surface area contributed by atoms with E-state index < -0.39 is 27.6 Å². The number of pyridine rings is 1. The molecule has 0 radical (unpaired) electrons. The minimum absolute atomic E-state index is 0.0409. The van der Waals surface area contributed by atoms with E-state index in [1.54, 1.807) is 0 Å². The van der Waals surface area contributed by atoms with Crippen LogP contribution in [0, 0.1) is 0 Å². The molecule has 0 unspecified atom stereocenters. The minimum Gasteiger partial charge on any atom is -0.319 e. The van der Waals surface area contributed by atoms with Crippen molar-refractivity contribution < 1.29 is 26.4 Å². The van der Waals surface area contributed by atoms with Gasteiger partial charge in [0.25, 0.3) is 5.91 Å². The van der Waals surface area contributed by atoms with Crippen molar-refractivity contribution in [3.05, 3.63) is 64.5 Å². The van der Waals surface area contributed by atoms with E-state index in [4.69, 9.17) is 11.6 Å². The number of amides is 1. The molecule has 1 amide bonds. The molecule has 3 rings (SSSR count). The predicted octanol–water partition coefficient (Wildman–Crippen LogP) is 4.30. The largest absolute Gasteiger partial charge is 0.433 e. The van der Waals surface area contributed by atoms with Crippen LogP contribution in [0.3, 0.4) is 0 Å². The first-order valence-corrected chi connectivity index (χ1v) is 10.1. The number of halogens is 4. The first-order valence-electron chi connectivity index (χ1n) is 7.38. The van der Waals surface area contributed by atoms with Gasteiger partial charge in [-0.1, -0.05) is 11.6 Å². The van der Waals surface area contributed by atoms with Crippen LogP contribution in [0.15, 0.2) is 57.2 Å². The first-order chi connectivity index (χ1) is 13.1. The Hall–Kier alpha value is -2.50. The molecule has 0 spiro atoms. The lowest BCUT2D eigenvalue weighted by atomic mass is 10.3. The molecule has 28 heavy (non-hydrogen) atoms. The average molecular weight is 448 g/mol. The van der Waals surface area contributed by atoms with Crippen molar-refractivity contribution in [1.29, 1.82) is 0 Å². The second kappa shape index (κ2) is 7.49. The number of rotatable bonds is 4. The van der Waals surface area contributed by atoms with Gasteiger partial charge in [0.1, 0.15) is 5.69 Å². The molecule has 0 aliphatic rings. The summed E-state index contributed by atoms with van der Waals surface area (Å²) in [5.74, 6) is -0.893. The number of nitrogens with zero attached hydrogens (tertiary/aromatic N) is 2. The van der Waals surface area contributed by atoms with Crippen molar-refractivity contribution in [2.75, 3.05) is 5.32 Å². The second-order valence-corrected chi connectivity index (χ2v) is 8.77. The molecule has 0 aliphatic heterocycles. The van der Waals surface area contributed by atoms with E-state index >= 15 is 0 Å². The second-order valence-electron chi connectivity index (χ2n) is 5.33. The number of alkyl halides is 3. The molecule has 0 aliphatic carbocycles. The smallest absolute Gasteiger partial charge is 0.319 e. The Morgan fingerprint density at radius 3 is 2.32 bits per heavy atom. The molecule has 0 atom stereocenters. The lowest BCUT2D eigenvalue weighted by molar-refractivity contribution is -0.141. The molecule has 12 heteroatoms. The van der Waals surface area contributed by atoms with E-state index in [9.17, 15) is 26.4 Å². The number of carbonyl (C=O) groups is 1. The summed E-state index contributed by atoms with van der Waals surface area (Å²) < 4.78 is 62.8. The zero-order valence-electron chi connectivity index (χ0n) is 13.6. The molecule has 6 nitrogen and oxygen atoms in total. The predicted molar refractivity (Wildman–Crippen MR) is 96.2 cm³/mol. The summed E-state index contributed by atoms with van der Waals surface area (Å²) in [5, 5.41) is 2.63. The Morgan fingerprint density at radius 2 is 1.75 bits per heavy atom. The molecule has 1 aromatic carbocycles. The zero-order chi connectivity index (χ0) is 20.5. The maximum Gasteiger partial charge on any atom is 0.433 e. The number of hydrogen-bond acceptors (Lipinski definition) is 6. The number of sulfone groups is 1. The van der Waals surface area contributed by atoms with Crippen LogP contribution >= 0.6 is 22.9 Å². The summed E-state index contributed by atoms with van der Waals surface area (Å²) in [7, 11) is -4.03. The topological polar surface area (TPSA) is 89.0 Å². The highest BCUT2D eigenvalue weighted by Crippen LogP contribution is 2.30. The molecule has 0 bridgehead atoms. The van der Waals surface area contributed by atoms with Gasteiger partial charge in [-0.3, -0.25) is 4.79 Å². The van der Waals surface area contributed by atoms with Crippen molar-refractivity contribution in [1.82, 2.24) is 9.97 Å². The number of anilines is 1. The highest BCUT2D eigenvalue weighted by atomic mass is 35.5. The van der Waals surface area contributed by atoms with Crippen molar-refractivity contribution in [2.24, 2.45) is 0 Å². The van der Waals surface area contributed by atoms with E-state index in [1.807, 2.05) is 0 Å². The van der Waals surface area contributed by atoms with Crippen LogP contribution in [0.25, 0.3) is 0 Å². The van der Waals surface area contributed by atoms with Gasteiger partial charge in [-0.2, -0.15) is 13.2 Å². The van der Waals surface area contributed by atoms with Gasteiger partial charge in [-0.25, -0.2) is 18.4 Å². The van der Waals surface area contributed by atoms with Crippen molar-refractivity contribution in [3.8, 4) is 0 Å². The quantitative estimate of drug-likeness (QED) is 0.644. The Kier molecular flexibility index (Phi) is 5.41. The summed E-state index contributed by atoms with van der Waals surface area (Å²) >= 11 is 6.50. The van der Waals surface area contributed by atoms with Crippen LogP contribution in [0.5, 0.6) is 0 Å². The fraction of sp³-hybridized carbons (Fsp3) is 0.0625. The van der Waals surface area contributed by atoms with Crippen molar-refractivity contribution in [3.63, 3.8) is 0 Å². The van der Waals surface area contributed by atoms with Crippen LogP contribution in [-0.2, 0) is 16.0 Å². The van der Waals surface area contributed by atoms with Gasteiger partial charge in [0.05, 0.1) is 22.3 Å². The average Bonchev–Trinajstić information content (AvgIpc) is 3.12. The van der Waals surface area contributed by atoms with E-state index in [2.05, 4.69) is 15.3 Å². The monoisotopic (exact) mass is 447 g/mol. The molecule has 0 saturated heterocycles. The zero-order valence-corrected chi connectivity index (χ0v) is 16.0. The van der Waals surface area contributed by atoms with E-state index in [-0.39, 0.29) is 20.5 Å². The van der Waals surface area contributed by atoms with Crippen LogP contribution < -0.4 is 5.32 Å². The van der Waals surface area contributed by atoms with Gasteiger partial charge in [0.2, 0.25) is 9.84 Å². The van der Waals surface area contributed by atoms with Crippen LogP contribution in [0.2, 0.25) is 5.02 Å². The highest BCUT2D eigenvalue weighted by Gasteiger charge is 2.32. The molecule has 2 aromatic heterocycles. The Morgan fingerprint density at radius 1 is 1.07 bits per heavy atom. The fourth-order valence-corrected chi connectivity index (χ4v) is 4.79. The lowest BCUT2D eigenvalue weighted by Crippen LogP contribution is -2.16. The maximum atomic E-state index is 12.7. The molecular weight excluding hydrogens is 439 g/mol. The van der Waals surface area contributed by atoms with Crippen molar-refractivity contribution >= 4 is 44.4 Å². The van der Waals surface area contributed by atoms with Gasteiger partial charge in [-0.15, -0.1) is 11.3 Å². The third-order valence-electron chi connectivity index (χ3n) is 3.43. The SMILES string of the molecule is O=C(Nc1ccc(C(F)(F)F)nc1)c1ncsc1S(=O)(=O)c1ccc(Cl)cc1. The molecule has 0 saturated carbocycles. The first kappa shape index (κ1) is 20.2. The standard InChI is InChI=1S/C16H9ClF3N3O3S2/c17-9-1-4-11(5-2-9)28(25,26)15-13(22-8-27-15)14(24)23-10-3-6-12(21-7-10)16(18,19)20/h1-8H,(H,23,24). The minimum atomic E-state index is -4.61. The molecule has 1 N–H and O–H groups in total. The van der Waals surface area contributed by atoms with Gasteiger partial charge in [-0.05, 0) is 36.4 Å². The molecule has 146 valence electrons. The fourth-order valence-electron chi connectivity index (χ4n) is 2.12. The summed E-state index contributed by atoms with van der Waals surface area (Å²) in [6.45, 7) is 0. The number of benzene rings is 1. The van der Waals surface area contributed by atoms with Crippen LogP contribution in [0.1, 0.15) is 16.2 Å². The number of aromatic nitrogens is 2.